The molecule has 0 spiro atoms. The summed E-state index contributed by atoms with van der Waals surface area (Å²) in [4.78, 5) is 60.2. The van der Waals surface area contributed by atoms with Crippen LogP contribution >= 0.6 is 0 Å². The number of para-hydroxylation sites is 1. The lowest BCUT2D eigenvalue weighted by Crippen LogP contribution is -2.30. The zero-order chi connectivity index (χ0) is 28.9. The lowest BCUT2D eigenvalue weighted by atomic mass is 9.93. The normalized spacial score (nSPS) is 10.4. The Bertz CT molecular complexity index is 1300. The summed E-state index contributed by atoms with van der Waals surface area (Å²) in [6, 6.07) is 23.5. The van der Waals surface area contributed by atoms with E-state index in [0.29, 0.717) is 22.6 Å². The highest BCUT2D eigenvalue weighted by atomic mass is 16.7. The number of carbonyl (C=O) groups is 5. The van der Waals surface area contributed by atoms with Gasteiger partial charge in [-0.1, -0.05) is 54.6 Å². The van der Waals surface area contributed by atoms with Crippen molar-refractivity contribution in [3.8, 4) is 22.6 Å². The molecule has 0 unspecified atom stereocenters. The Morgan fingerprint density at radius 2 is 1.15 bits per heavy atom. The van der Waals surface area contributed by atoms with E-state index in [1.165, 1.54) is 0 Å². The molecule has 0 amide bonds. The summed E-state index contributed by atoms with van der Waals surface area (Å²) in [5.41, 5.74) is 1.81. The minimum Gasteiger partial charge on any atom is -0.457 e. The summed E-state index contributed by atoms with van der Waals surface area (Å²) < 4.78 is 24.7. The molecule has 10 nitrogen and oxygen atoms in total. The monoisotopic (exact) mass is 548 g/mol. The van der Waals surface area contributed by atoms with Crippen molar-refractivity contribution < 1.29 is 47.7 Å². The Hall–Kier alpha value is -4.99. The van der Waals surface area contributed by atoms with Gasteiger partial charge >= 0.3 is 23.9 Å². The fourth-order valence-electron chi connectivity index (χ4n) is 3.59. The number of esters is 4. The maximum Gasteiger partial charge on any atom is 0.323 e. The van der Waals surface area contributed by atoms with Crippen LogP contribution in [0.25, 0.3) is 11.1 Å². The third-order valence-electron chi connectivity index (χ3n) is 5.53. The fourth-order valence-corrected chi connectivity index (χ4v) is 3.59. The molecule has 208 valence electrons. The summed E-state index contributed by atoms with van der Waals surface area (Å²) in [7, 11) is 0. The van der Waals surface area contributed by atoms with Crippen LogP contribution in [0.2, 0.25) is 0 Å². The van der Waals surface area contributed by atoms with Crippen LogP contribution in [0.4, 0.5) is 0 Å². The predicted octanol–water partition coefficient (Wildman–Crippen LogP) is 4.85. The topological polar surface area (TPSA) is 132 Å². The minimum atomic E-state index is -1.52. The van der Waals surface area contributed by atoms with Gasteiger partial charge in [0, 0.05) is 25.8 Å². The summed E-state index contributed by atoms with van der Waals surface area (Å²) in [5, 5.41) is 0. The molecule has 3 aromatic carbocycles. The van der Waals surface area contributed by atoms with Gasteiger partial charge in [-0.15, -0.1) is 0 Å². The summed E-state index contributed by atoms with van der Waals surface area (Å²) in [6.07, 6.45) is -0.461. The molecular formula is C30H28O10. The molecule has 0 aromatic heterocycles. The zero-order valence-corrected chi connectivity index (χ0v) is 22.0. The maximum atomic E-state index is 13.2. The third-order valence-corrected chi connectivity index (χ3v) is 5.53. The maximum absolute atomic E-state index is 13.2. The number of hydrogen-bond donors (Lipinski definition) is 0. The quantitative estimate of drug-likeness (QED) is 0.126. The van der Waals surface area contributed by atoms with E-state index in [2.05, 4.69) is 9.47 Å². The van der Waals surface area contributed by atoms with E-state index < -0.39 is 43.4 Å². The second-order valence-corrected chi connectivity index (χ2v) is 8.43. The SMILES string of the molecule is CC(=O)OCOC(=O)C(CCC(=O)c1ccccc1-c1ccc(Oc2ccccc2)cc1)C(=O)OCOC(C)=O. The van der Waals surface area contributed by atoms with Crippen LogP contribution in [-0.2, 0) is 38.1 Å². The highest BCUT2D eigenvalue weighted by molar-refractivity contribution is 6.03. The van der Waals surface area contributed by atoms with Gasteiger partial charge in [0.1, 0.15) is 11.5 Å². The lowest BCUT2D eigenvalue weighted by Gasteiger charge is -2.15. The van der Waals surface area contributed by atoms with Crippen molar-refractivity contribution in [1.29, 1.82) is 0 Å². The van der Waals surface area contributed by atoms with Crippen LogP contribution < -0.4 is 4.74 Å². The first kappa shape index (κ1) is 29.6. The Morgan fingerprint density at radius 1 is 0.625 bits per heavy atom. The third kappa shape index (κ3) is 9.09. The van der Waals surface area contributed by atoms with Crippen molar-refractivity contribution in [2.75, 3.05) is 13.6 Å². The van der Waals surface area contributed by atoms with Crippen molar-refractivity contribution in [2.45, 2.75) is 26.7 Å². The Balaban J connectivity index is 1.71. The summed E-state index contributed by atoms with van der Waals surface area (Å²) >= 11 is 0. The van der Waals surface area contributed by atoms with Crippen LogP contribution in [0.5, 0.6) is 11.5 Å². The molecule has 0 heterocycles. The van der Waals surface area contributed by atoms with Gasteiger partial charge < -0.3 is 23.7 Å². The average molecular weight is 549 g/mol. The molecule has 0 bridgehead atoms. The van der Waals surface area contributed by atoms with E-state index in [-0.39, 0.29) is 18.6 Å². The van der Waals surface area contributed by atoms with E-state index in [4.69, 9.17) is 14.2 Å². The number of ketones is 1. The van der Waals surface area contributed by atoms with Gasteiger partial charge in [-0.2, -0.15) is 0 Å². The van der Waals surface area contributed by atoms with E-state index in [1.807, 2.05) is 42.5 Å². The number of carbonyl (C=O) groups excluding carboxylic acids is 5. The van der Waals surface area contributed by atoms with Gasteiger partial charge in [-0.25, -0.2) is 0 Å². The largest absolute Gasteiger partial charge is 0.457 e. The van der Waals surface area contributed by atoms with Gasteiger partial charge in [-0.3, -0.25) is 24.0 Å². The second kappa shape index (κ2) is 14.8. The van der Waals surface area contributed by atoms with Crippen molar-refractivity contribution in [1.82, 2.24) is 0 Å². The van der Waals surface area contributed by atoms with E-state index in [0.717, 1.165) is 19.4 Å². The molecule has 3 aromatic rings. The molecule has 0 aliphatic heterocycles. The highest BCUT2D eigenvalue weighted by Crippen LogP contribution is 2.29. The fraction of sp³-hybridized carbons (Fsp3) is 0.233. The van der Waals surface area contributed by atoms with Gasteiger partial charge in [0.2, 0.25) is 13.6 Å². The van der Waals surface area contributed by atoms with Crippen LogP contribution in [0, 0.1) is 5.92 Å². The van der Waals surface area contributed by atoms with Gasteiger partial charge in [0.15, 0.2) is 11.7 Å². The Kier molecular flexibility index (Phi) is 11.0. The summed E-state index contributed by atoms with van der Waals surface area (Å²) in [6.45, 7) is 0.836. The molecule has 0 aliphatic carbocycles. The molecule has 0 saturated carbocycles. The molecule has 10 heteroatoms. The molecule has 0 N–H and O–H groups in total. The number of benzene rings is 3. The van der Waals surface area contributed by atoms with Crippen molar-refractivity contribution in [3.05, 3.63) is 84.4 Å². The molecule has 0 radical (unpaired) electrons. The minimum absolute atomic E-state index is 0.206. The molecule has 0 fully saturated rings. The Labute approximate surface area is 230 Å². The average Bonchev–Trinajstić information content (AvgIpc) is 2.93. The number of Topliss-reactive ketones (excluding diaryl/α,β-unsaturated/α-hetero) is 1. The second-order valence-electron chi connectivity index (χ2n) is 8.43. The van der Waals surface area contributed by atoms with Crippen molar-refractivity contribution in [2.24, 2.45) is 5.92 Å². The highest BCUT2D eigenvalue weighted by Gasteiger charge is 2.31. The molecule has 0 saturated heterocycles. The van der Waals surface area contributed by atoms with Gasteiger partial charge in [0.05, 0.1) is 0 Å². The summed E-state index contributed by atoms with van der Waals surface area (Å²) in [5.74, 6) is -4.00. The first-order valence-corrected chi connectivity index (χ1v) is 12.3. The van der Waals surface area contributed by atoms with Crippen LogP contribution in [0.3, 0.4) is 0 Å². The van der Waals surface area contributed by atoms with Crippen molar-refractivity contribution in [3.63, 3.8) is 0 Å². The first-order chi connectivity index (χ1) is 19.2. The predicted molar refractivity (Wildman–Crippen MR) is 141 cm³/mol. The smallest absolute Gasteiger partial charge is 0.323 e. The Morgan fingerprint density at radius 3 is 1.73 bits per heavy atom. The molecule has 0 atom stereocenters. The van der Waals surface area contributed by atoms with Crippen LogP contribution in [0.15, 0.2) is 78.9 Å². The standard InChI is InChI=1S/C30H28O10/c1-20(31)36-18-38-29(34)27(30(35)39-19-37-21(2)32)16-17-28(33)26-11-7-6-10-25(26)22-12-14-24(15-13-22)40-23-8-4-3-5-9-23/h3-15,27H,16-19H2,1-2H3. The van der Waals surface area contributed by atoms with Crippen LogP contribution in [0.1, 0.15) is 37.0 Å². The number of hydrogen-bond acceptors (Lipinski definition) is 10. The first-order valence-electron chi connectivity index (χ1n) is 12.3. The van der Waals surface area contributed by atoms with E-state index in [9.17, 15) is 24.0 Å². The number of ether oxygens (including phenoxy) is 5. The van der Waals surface area contributed by atoms with Crippen LogP contribution in [-0.4, -0.2) is 43.2 Å². The molecule has 3 rings (SSSR count). The van der Waals surface area contributed by atoms with E-state index in [1.54, 1.807) is 36.4 Å². The van der Waals surface area contributed by atoms with E-state index >= 15 is 0 Å². The molecule has 40 heavy (non-hydrogen) atoms. The van der Waals surface area contributed by atoms with Gasteiger partial charge in [-0.05, 0) is 41.8 Å². The van der Waals surface area contributed by atoms with Crippen molar-refractivity contribution >= 4 is 29.7 Å². The van der Waals surface area contributed by atoms with Gasteiger partial charge in [0.25, 0.3) is 0 Å². The number of rotatable bonds is 13. The molecular weight excluding hydrogens is 520 g/mol. The molecule has 0 aliphatic rings. The zero-order valence-electron chi connectivity index (χ0n) is 22.0. The lowest BCUT2D eigenvalue weighted by molar-refractivity contribution is -0.178.